The summed E-state index contributed by atoms with van der Waals surface area (Å²) in [5, 5.41) is 0. The molecule has 0 aliphatic carbocycles. The molecule has 4 nitrogen and oxygen atoms in total. The number of hydrogen-bond donors (Lipinski definition) is 0. The van der Waals surface area contributed by atoms with Crippen LogP contribution in [-0.2, 0) is 11.2 Å². The predicted octanol–water partition coefficient (Wildman–Crippen LogP) is 9.41. The molecule has 0 N–H and O–H groups in total. The predicted molar refractivity (Wildman–Crippen MR) is 156 cm³/mol. The van der Waals surface area contributed by atoms with Crippen molar-refractivity contribution in [2.75, 3.05) is 14.2 Å². The Labute approximate surface area is 224 Å². The van der Waals surface area contributed by atoms with Crippen LogP contribution in [-0.4, -0.2) is 26.4 Å². The summed E-state index contributed by atoms with van der Waals surface area (Å²) in [5.74, 6) is 2.02. The van der Waals surface area contributed by atoms with Crippen LogP contribution >= 0.6 is 0 Å². The van der Waals surface area contributed by atoms with Crippen LogP contribution in [0.1, 0.15) is 125 Å². The summed E-state index contributed by atoms with van der Waals surface area (Å²) >= 11 is 0. The van der Waals surface area contributed by atoms with E-state index >= 15 is 0 Å². The van der Waals surface area contributed by atoms with E-state index in [2.05, 4.69) is 58.9 Å². The summed E-state index contributed by atoms with van der Waals surface area (Å²) in [7, 11) is 3.21. The summed E-state index contributed by atoms with van der Waals surface area (Å²) in [4.78, 5) is 18.1. The first-order valence-corrected chi connectivity index (χ1v) is 14.4. The van der Waals surface area contributed by atoms with Crippen LogP contribution in [0.25, 0.3) is 11.1 Å². The van der Waals surface area contributed by atoms with Crippen molar-refractivity contribution in [3.63, 3.8) is 0 Å². The summed E-state index contributed by atoms with van der Waals surface area (Å²) in [6, 6.07) is 8.76. The topological polar surface area (TPSA) is 47.9 Å². The zero-order chi connectivity index (χ0) is 26.9. The molecule has 1 heterocycles. The molecule has 0 spiro atoms. The number of fused-ring (bicyclic) bond motifs is 1. The van der Waals surface area contributed by atoms with Crippen molar-refractivity contribution in [1.29, 1.82) is 0 Å². The highest BCUT2D eigenvalue weighted by atomic mass is 16.5. The number of carbonyl (C=O) groups is 1. The number of esters is 1. The van der Waals surface area contributed by atoms with E-state index in [1.165, 1.54) is 55.0 Å². The third kappa shape index (κ3) is 6.45. The first-order chi connectivity index (χ1) is 17.9. The number of nitrogens with zero attached hydrogens (tertiary/aromatic N) is 1. The zero-order valence-corrected chi connectivity index (χ0v) is 24.2. The minimum absolute atomic E-state index is 0.237. The molecule has 37 heavy (non-hydrogen) atoms. The Kier molecular flexibility index (Phi) is 10.8. The molecule has 3 rings (SSSR count). The van der Waals surface area contributed by atoms with Gasteiger partial charge in [-0.1, -0.05) is 72.8 Å². The van der Waals surface area contributed by atoms with E-state index in [0.29, 0.717) is 11.5 Å². The van der Waals surface area contributed by atoms with Crippen LogP contribution in [0.15, 0.2) is 29.3 Å². The van der Waals surface area contributed by atoms with E-state index in [0.717, 1.165) is 55.0 Å². The smallest absolute Gasteiger partial charge is 0.340 e. The van der Waals surface area contributed by atoms with Crippen LogP contribution in [0, 0.1) is 5.92 Å². The molecule has 0 radical (unpaired) electrons. The average molecular weight is 506 g/mol. The Morgan fingerprint density at radius 2 is 1.78 bits per heavy atom. The van der Waals surface area contributed by atoms with Crippen LogP contribution in [0.5, 0.6) is 5.75 Å². The summed E-state index contributed by atoms with van der Waals surface area (Å²) in [6.45, 7) is 11.2. The Morgan fingerprint density at radius 3 is 2.41 bits per heavy atom. The lowest BCUT2D eigenvalue weighted by atomic mass is 9.78. The summed E-state index contributed by atoms with van der Waals surface area (Å²) < 4.78 is 10.9. The van der Waals surface area contributed by atoms with Crippen molar-refractivity contribution in [3.8, 4) is 16.9 Å². The molecule has 0 amide bonds. The molecule has 1 aliphatic heterocycles. The number of carbonyl (C=O) groups excluding carboxylic acids is 1. The van der Waals surface area contributed by atoms with Gasteiger partial charge in [0.05, 0.1) is 25.5 Å². The maximum absolute atomic E-state index is 13.2. The lowest BCUT2D eigenvalue weighted by molar-refractivity contribution is 0.0599. The summed E-state index contributed by atoms with van der Waals surface area (Å²) in [5.41, 5.74) is 7.27. The van der Waals surface area contributed by atoms with Crippen molar-refractivity contribution in [1.82, 2.24) is 0 Å². The maximum atomic E-state index is 13.2. The van der Waals surface area contributed by atoms with Crippen molar-refractivity contribution in [2.24, 2.45) is 10.9 Å². The van der Waals surface area contributed by atoms with Gasteiger partial charge in [-0.3, -0.25) is 4.99 Å². The molecule has 1 aliphatic rings. The molecule has 0 aromatic heterocycles. The van der Waals surface area contributed by atoms with Gasteiger partial charge in [0.15, 0.2) is 0 Å². The van der Waals surface area contributed by atoms with E-state index < -0.39 is 0 Å². The fourth-order valence-electron chi connectivity index (χ4n) is 5.91. The molecule has 2 aromatic rings. The van der Waals surface area contributed by atoms with Gasteiger partial charge in [-0.2, -0.15) is 0 Å². The first kappa shape index (κ1) is 28.9. The standard InChI is InChI=1S/C33H47NO3/c1-8-23(9-2)15-13-12-14-22(5)27-21-28(26-16-17-29(36-6)25(11-4)20-26)30-24(10-3)18-19-34-32(30)31(27)33(35)37-7/h16-17,19-24H,8-15,18H2,1-7H3. The van der Waals surface area contributed by atoms with E-state index in [9.17, 15) is 4.79 Å². The highest BCUT2D eigenvalue weighted by molar-refractivity contribution is 6.01. The van der Waals surface area contributed by atoms with Crippen molar-refractivity contribution in [2.45, 2.75) is 104 Å². The Balaban J connectivity index is 2.12. The Bertz CT molecular complexity index is 1080. The number of benzene rings is 2. The van der Waals surface area contributed by atoms with Gasteiger partial charge >= 0.3 is 5.97 Å². The van der Waals surface area contributed by atoms with E-state index in [4.69, 9.17) is 14.5 Å². The quantitative estimate of drug-likeness (QED) is 0.201. The molecule has 0 saturated heterocycles. The van der Waals surface area contributed by atoms with Crippen molar-refractivity contribution < 1.29 is 14.3 Å². The zero-order valence-electron chi connectivity index (χ0n) is 24.2. The molecule has 2 aromatic carbocycles. The minimum Gasteiger partial charge on any atom is -0.496 e. The number of rotatable bonds is 13. The van der Waals surface area contributed by atoms with Gasteiger partial charge in [0.1, 0.15) is 5.75 Å². The second-order valence-corrected chi connectivity index (χ2v) is 10.5. The number of aryl methyl sites for hydroxylation is 1. The third-order valence-corrected chi connectivity index (χ3v) is 8.43. The van der Waals surface area contributed by atoms with Crippen LogP contribution in [0.2, 0.25) is 0 Å². The van der Waals surface area contributed by atoms with Gasteiger partial charge in [-0.25, -0.2) is 4.79 Å². The summed E-state index contributed by atoms with van der Waals surface area (Å²) in [6.07, 6.45) is 12.0. The number of methoxy groups -OCH3 is 2. The first-order valence-electron chi connectivity index (χ1n) is 14.4. The monoisotopic (exact) mass is 505 g/mol. The van der Waals surface area contributed by atoms with Gasteiger partial charge in [0, 0.05) is 6.21 Å². The van der Waals surface area contributed by atoms with Gasteiger partial charge in [0.25, 0.3) is 0 Å². The molecule has 0 bridgehead atoms. The number of unbranched alkanes of at least 4 members (excludes halogenated alkanes) is 1. The molecule has 202 valence electrons. The van der Waals surface area contributed by atoms with Crippen LogP contribution in [0.4, 0.5) is 5.69 Å². The second-order valence-electron chi connectivity index (χ2n) is 10.5. The van der Waals surface area contributed by atoms with Crippen molar-refractivity contribution in [3.05, 3.63) is 46.5 Å². The fourth-order valence-corrected chi connectivity index (χ4v) is 5.91. The molecule has 4 heteroatoms. The SMILES string of the molecule is CCc1cc(-c2cc(C(C)CCCCC(CC)CC)c(C(=O)OC)c3c2C(CC)CC=N3)ccc1OC. The van der Waals surface area contributed by atoms with Gasteiger partial charge in [-0.15, -0.1) is 0 Å². The van der Waals surface area contributed by atoms with Gasteiger partial charge in [-0.05, 0) is 89.5 Å². The lowest BCUT2D eigenvalue weighted by Gasteiger charge is -2.28. The Morgan fingerprint density at radius 1 is 1.05 bits per heavy atom. The molecule has 2 atom stereocenters. The Hall–Kier alpha value is -2.62. The van der Waals surface area contributed by atoms with Crippen LogP contribution < -0.4 is 4.74 Å². The van der Waals surface area contributed by atoms with E-state index in [1.807, 2.05) is 6.21 Å². The van der Waals surface area contributed by atoms with Crippen molar-refractivity contribution >= 4 is 17.9 Å². The molecule has 0 fully saturated rings. The van der Waals surface area contributed by atoms with Gasteiger partial charge in [0.2, 0.25) is 0 Å². The maximum Gasteiger partial charge on any atom is 0.340 e. The number of hydrogen-bond acceptors (Lipinski definition) is 4. The third-order valence-electron chi connectivity index (χ3n) is 8.43. The largest absolute Gasteiger partial charge is 0.496 e. The van der Waals surface area contributed by atoms with Gasteiger partial charge < -0.3 is 9.47 Å². The lowest BCUT2D eigenvalue weighted by Crippen LogP contribution is -2.15. The van der Waals surface area contributed by atoms with E-state index in [1.54, 1.807) is 7.11 Å². The molecular formula is C33H47NO3. The molecule has 2 unspecified atom stereocenters. The highest BCUT2D eigenvalue weighted by Gasteiger charge is 2.31. The second kappa shape index (κ2) is 13.8. The fraction of sp³-hybridized carbons (Fsp3) is 0.576. The highest BCUT2D eigenvalue weighted by Crippen LogP contribution is 2.47. The average Bonchev–Trinajstić information content (AvgIpc) is 2.94. The van der Waals surface area contributed by atoms with E-state index in [-0.39, 0.29) is 11.9 Å². The van der Waals surface area contributed by atoms with Crippen LogP contribution in [0.3, 0.4) is 0 Å². The molecule has 0 saturated carbocycles. The number of aliphatic imine (C=N–C) groups is 1. The minimum atomic E-state index is -0.278. The number of ether oxygens (including phenoxy) is 2. The normalized spacial score (nSPS) is 15.5. The molecular weight excluding hydrogens is 458 g/mol.